The molecular weight excluding hydrogens is 214 g/mol. The van der Waals surface area contributed by atoms with Crippen molar-refractivity contribution in [2.75, 3.05) is 11.1 Å². The molecule has 1 amide bonds. The summed E-state index contributed by atoms with van der Waals surface area (Å²) in [5.41, 5.74) is 6.01. The highest BCUT2D eigenvalue weighted by Gasteiger charge is 2.14. The van der Waals surface area contributed by atoms with Crippen molar-refractivity contribution in [3.8, 4) is 0 Å². The van der Waals surface area contributed by atoms with Crippen molar-refractivity contribution in [3.63, 3.8) is 0 Å². The quantitative estimate of drug-likeness (QED) is 0.785. The van der Waals surface area contributed by atoms with Crippen molar-refractivity contribution in [3.05, 3.63) is 23.3 Å². The largest absolute Gasteiger partial charge is 0.383 e. The summed E-state index contributed by atoms with van der Waals surface area (Å²) >= 11 is 1.35. The summed E-state index contributed by atoms with van der Waals surface area (Å²) in [4.78, 5) is 15.6. The Hall–Kier alpha value is -1.89. The number of carbonyl (C=O) groups is 1. The molecular formula is C8H9N5OS. The summed E-state index contributed by atoms with van der Waals surface area (Å²) in [7, 11) is 1.68. The van der Waals surface area contributed by atoms with Gasteiger partial charge in [0, 0.05) is 18.6 Å². The van der Waals surface area contributed by atoms with Crippen LogP contribution in [0.4, 0.5) is 10.9 Å². The number of nitrogens with one attached hydrogen (secondary N) is 1. The van der Waals surface area contributed by atoms with Gasteiger partial charge >= 0.3 is 0 Å². The van der Waals surface area contributed by atoms with E-state index in [0.717, 1.165) is 0 Å². The molecule has 6 nitrogen and oxygen atoms in total. The van der Waals surface area contributed by atoms with Crippen molar-refractivity contribution in [1.82, 2.24) is 14.8 Å². The molecule has 0 atom stereocenters. The molecule has 0 spiro atoms. The minimum Gasteiger partial charge on any atom is -0.383 e. The lowest BCUT2D eigenvalue weighted by Crippen LogP contribution is -2.13. The van der Waals surface area contributed by atoms with Crippen LogP contribution in [0.3, 0.4) is 0 Å². The predicted molar refractivity (Wildman–Crippen MR) is 57.7 cm³/mol. The van der Waals surface area contributed by atoms with Crippen molar-refractivity contribution in [2.24, 2.45) is 7.05 Å². The van der Waals surface area contributed by atoms with Gasteiger partial charge in [-0.25, -0.2) is 4.98 Å². The number of aromatic nitrogens is 3. The predicted octanol–water partition coefficient (Wildman–Crippen LogP) is 0.711. The maximum atomic E-state index is 11.7. The fourth-order valence-corrected chi connectivity index (χ4v) is 1.60. The third-order valence-corrected chi connectivity index (χ3v) is 2.57. The molecule has 0 saturated heterocycles. The topological polar surface area (TPSA) is 85.8 Å². The van der Waals surface area contributed by atoms with Gasteiger partial charge < -0.3 is 5.73 Å². The number of nitrogen functional groups attached to an aromatic ring is 1. The van der Waals surface area contributed by atoms with E-state index in [9.17, 15) is 4.79 Å². The lowest BCUT2D eigenvalue weighted by atomic mass is 10.3. The summed E-state index contributed by atoms with van der Waals surface area (Å²) in [5.74, 6) is 0.0413. The molecule has 3 N–H and O–H groups in total. The van der Waals surface area contributed by atoms with Crippen LogP contribution in [0.1, 0.15) is 10.4 Å². The van der Waals surface area contributed by atoms with E-state index in [0.29, 0.717) is 16.5 Å². The smallest absolute Gasteiger partial charge is 0.262 e. The number of aryl methyl sites for hydroxylation is 1. The molecule has 15 heavy (non-hydrogen) atoms. The molecule has 2 heterocycles. The van der Waals surface area contributed by atoms with Crippen LogP contribution >= 0.6 is 11.3 Å². The number of hydrogen-bond acceptors (Lipinski definition) is 5. The van der Waals surface area contributed by atoms with E-state index in [2.05, 4.69) is 15.4 Å². The van der Waals surface area contributed by atoms with Crippen molar-refractivity contribution < 1.29 is 4.79 Å². The monoisotopic (exact) mass is 223 g/mol. The van der Waals surface area contributed by atoms with Gasteiger partial charge in [-0.05, 0) is 0 Å². The maximum absolute atomic E-state index is 11.7. The summed E-state index contributed by atoms with van der Waals surface area (Å²) in [6.07, 6.45) is 3.05. The zero-order chi connectivity index (χ0) is 10.8. The van der Waals surface area contributed by atoms with Crippen LogP contribution in [0, 0.1) is 0 Å². The zero-order valence-corrected chi connectivity index (χ0v) is 8.78. The van der Waals surface area contributed by atoms with Crippen molar-refractivity contribution in [2.45, 2.75) is 0 Å². The molecule has 0 fully saturated rings. The number of hydrogen-bond donors (Lipinski definition) is 2. The van der Waals surface area contributed by atoms with E-state index in [1.54, 1.807) is 18.6 Å². The van der Waals surface area contributed by atoms with E-state index in [4.69, 9.17) is 5.73 Å². The van der Waals surface area contributed by atoms with Gasteiger partial charge in [-0.2, -0.15) is 5.10 Å². The van der Waals surface area contributed by atoms with Crippen LogP contribution in [0.5, 0.6) is 0 Å². The highest BCUT2D eigenvalue weighted by atomic mass is 32.1. The molecule has 0 bridgehead atoms. The number of anilines is 2. The minimum atomic E-state index is -0.296. The Morgan fingerprint density at radius 3 is 3.00 bits per heavy atom. The molecule has 7 heteroatoms. The van der Waals surface area contributed by atoms with E-state index in [-0.39, 0.29) is 5.91 Å². The summed E-state index contributed by atoms with van der Waals surface area (Å²) in [6, 6.07) is 0. The number of carbonyl (C=O) groups excluding carboxylic acids is 1. The fraction of sp³-hybridized carbons (Fsp3) is 0.125. The van der Waals surface area contributed by atoms with Gasteiger partial charge in [-0.15, -0.1) is 11.3 Å². The second-order valence-corrected chi connectivity index (χ2v) is 3.75. The Morgan fingerprint density at radius 1 is 1.67 bits per heavy atom. The third kappa shape index (κ3) is 1.82. The highest BCUT2D eigenvalue weighted by Crippen LogP contribution is 2.15. The molecule has 78 valence electrons. The third-order valence-electron chi connectivity index (χ3n) is 1.88. The van der Waals surface area contributed by atoms with E-state index >= 15 is 0 Å². The first-order chi connectivity index (χ1) is 7.18. The first kappa shape index (κ1) is 9.66. The molecule has 0 unspecified atom stereocenters. The van der Waals surface area contributed by atoms with Crippen LogP contribution in [-0.2, 0) is 7.05 Å². The minimum absolute atomic E-state index is 0.296. The normalized spacial score (nSPS) is 10.2. The van der Waals surface area contributed by atoms with E-state index < -0.39 is 0 Å². The van der Waals surface area contributed by atoms with Gasteiger partial charge in [0.15, 0.2) is 5.13 Å². The Labute approximate surface area is 89.7 Å². The van der Waals surface area contributed by atoms with Crippen LogP contribution < -0.4 is 11.1 Å². The summed E-state index contributed by atoms with van der Waals surface area (Å²) in [6.45, 7) is 0. The number of rotatable bonds is 2. The van der Waals surface area contributed by atoms with Crippen LogP contribution in [0.2, 0.25) is 0 Å². The fourth-order valence-electron chi connectivity index (χ4n) is 1.07. The van der Waals surface area contributed by atoms with Crippen molar-refractivity contribution >= 4 is 28.2 Å². The molecule has 2 aromatic rings. The van der Waals surface area contributed by atoms with Gasteiger partial charge in [0.2, 0.25) is 0 Å². The number of amides is 1. The molecule has 0 aromatic carbocycles. The Kier molecular flexibility index (Phi) is 2.38. The molecule has 0 aliphatic carbocycles. The van der Waals surface area contributed by atoms with Crippen molar-refractivity contribution in [1.29, 1.82) is 0 Å². The van der Waals surface area contributed by atoms with Gasteiger partial charge in [0.1, 0.15) is 11.4 Å². The number of nitrogens with two attached hydrogens (primary N) is 1. The second kappa shape index (κ2) is 3.70. The Morgan fingerprint density at radius 2 is 2.47 bits per heavy atom. The van der Waals surface area contributed by atoms with E-state index in [1.165, 1.54) is 22.2 Å². The molecule has 0 aliphatic heterocycles. The molecule has 0 saturated carbocycles. The van der Waals surface area contributed by atoms with Gasteiger partial charge in [0.25, 0.3) is 5.91 Å². The average Bonchev–Trinajstić information content (AvgIpc) is 2.79. The first-order valence-corrected chi connectivity index (χ1v) is 5.05. The molecule has 0 radical (unpaired) electrons. The molecule has 2 aromatic heterocycles. The van der Waals surface area contributed by atoms with Gasteiger partial charge in [-0.1, -0.05) is 0 Å². The maximum Gasteiger partial charge on any atom is 0.262 e. The number of nitrogens with zero attached hydrogens (tertiary/aromatic N) is 3. The van der Waals surface area contributed by atoms with Crippen LogP contribution in [0.25, 0.3) is 0 Å². The van der Waals surface area contributed by atoms with E-state index in [1.807, 2.05) is 0 Å². The lowest BCUT2D eigenvalue weighted by molar-refractivity contribution is 0.102. The molecule has 2 rings (SSSR count). The summed E-state index contributed by atoms with van der Waals surface area (Å²) in [5, 5.41) is 8.83. The standard InChI is InChI=1S/C8H9N5OS/c1-13-6(9)5(4-11-13)7(14)12-8-10-2-3-15-8/h2-4H,9H2,1H3,(H,10,12,14). The van der Waals surface area contributed by atoms with Gasteiger partial charge in [0.05, 0.1) is 6.20 Å². The molecule has 0 aliphatic rings. The number of thiazole rings is 1. The van der Waals surface area contributed by atoms with Gasteiger partial charge in [-0.3, -0.25) is 14.8 Å². The Balaban J connectivity index is 2.19. The lowest BCUT2D eigenvalue weighted by Gasteiger charge is -2.00. The second-order valence-electron chi connectivity index (χ2n) is 2.86. The SMILES string of the molecule is Cn1ncc(C(=O)Nc2nccs2)c1N. The highest BCUT2D eigenvalue weighted by molar-refractivity contribution is 7.13. The summed E-state index contributed by atoms with van der Waals surface area (Å²) < 4.78 is 1.44. The zero-order valence-electron chi connectivity index (χ0n) is 7.97. The average molecular weight is 223 g/mol. The van der Waals surface area contributed by atoms with Crippen LogP contribution in [0.15, 0.2) is 17.8 Å². The Bertz CT molecular complexity index is 475. The first-order valence-electron chi connectivity index (χ1n) is 4.17. The van der Waals surface area contributed by atoms with Crippen LogP contribution in [-0.4, -0.2) is 20.7 Å².